The summed E-state index contributed by atoms with van der Waals surface area (Å²) in [6.45, 7) is 8.08. The molecule has 0 aromatic rings. The van der Waals surface area contributed by atoms with Gasteiger partial charge in [0.2, 0.25) is 35.4 Å². The molecule has 6 atom stereocenters. The number of nitrogens with two attached hydrogens (primary N) is 3. The summed E-state index contributed by atoms with van der Waals surface area (Å²) in [5.74, 6) is -4.62. The third kappa shape index (κ3) is 15.7. The van der Waals surface area contributed by atoms with Crippen molar-refractivity contribution in [1.82, 2.24) is 26.6 Å². The van der Waals surface area contributed by atoms with Crippen LogP contribution in [0, 0.1) is 11.8 Å². The Hall–Kier alpha value is -3.63. The van der Waals surface area contributed by atoms with Crippen LogP contribution in [0.1, 0.15) is 73.1 Å². The van der Waals surface area contributed by atoms with E-state index in [2.05, 4.69) is 26.6 Å². The lowest BCUT2D eigenvalue weighted by Crippen LogP contribution is -2.60. The van der Waals surface area contributed by atoms with Crippen LogP contribution < -0.4 is 43.8 Å². The van der Waals surface area contributed by atoms with E-state index >= 15 is 0 Å². The van der Waals surface area contributed by atoms with Crippen LogP contribution in [-0.2, 0) is 33.6 Å². The van der Waals surface area contributed by atoms with Gasteiger partial charge < -0.3 is 53.7 Å². The molecule has 6 amide bonds. The SMILES string of the molecule is CC(C)C[C@H](NC(=O)[C@@H](NC(=O)[C@H](C)NC(=O)[C@H](CO)NC(=O)[C@@H](N)CCCCN)C(C)C)C(=O)N[C@H](C=O)CCC(N)=O. The molecular formula is C28H52N8O8. The lowest BCUT2D eigenvalue weighted by atomic mass is 9.99. The van der Waals surface area contributed by atoms with Crippen molar-refractivity contribution in [2.24, 2.45) is 29.0 Å². The molecule has 0 aliphatic carbocycles. The highest BCUT2D eigenvalue weighted by molar-refractivity contribution is 5.96. The van der Waals surface area contributed by atoms with Crippen LogP contribution in [-0.4, -0.2) is 96.2 Å². The molecule has 0 saturated carbocycles. The Bertz CT molecular complexity index is 977. The van der Waals surface area contributed by atoms with E-state index in [4.69, 9.17) is 17.2 Å². The van der Waals surface area contributed by atoms with Crippen LogP contribution in [0.2, 0.25) is 0 Å². The highest BCUT2D eigenvalue weighted by Gasteiger charge is 2.32. The van der Waals surface area contributed by atoms with Gasteiger partial charge in [0.25, 0.3) is 0 Å². The first-order chi connectivity index (χ1) is 20.6. The minimum Gasteiger partial charge on any atom is -0.394 e. The van der Waals surface area contributed by atoms with E-state index in [1.165, 1.54) is 6.92 Å². The van der Waals surface area contributed by atoms with Crippen molar-refractivity contribution in [2.75, 3.05) is 13.2 Å². The van der Waals surface area contributed by atoms with E-state index in [0.717, 1.165) is 0 Å². The number of carbonyl (C=O) groups excluding carboxylic acids is 7. The number of aliphatic hydroxyl groups excluding tert-OH is 1. The second kappa shape index (κ2) is 21.1. The highest BCUT2D eigenvalue weighted by Crippen LogP contribution is 2.09. The smallest absolute Gasteiger partial charge is 0.245 e. The lowest BCUT2D eigenvalue weighted by molar-refractivity contribution is -0.135. The van der Waals surface area contributed by atoms with E-state index in [-0.39, 0.29) is 25.2 Å². The van der Waals surface area contributed by atoms with Crippen molar-refractivity contribution in [3.8, 4) is 0 Å². The topological polar surface area (TPSA) is 278 Å². The summed E-state index contributed by atoms with van der Waals surface area (Å²) in [6.07, 6.45) is 2.22. The van der Waals surface area contributed by atoms with Gasteiger partial charge in [-0.2, -0.15) is 0 Å². The zero-order valence-corrected chi connectivity index (χ0v) is 26.4. The maximum Gasteiger partial charge on any atom is 0.245 e. The first-order valence-corrected chi connectivity index (χ1v) is 14.9. The van der Waals surface area contributed by atoms with E-state index in [1.54, 1.807) is 13.8 Å². The van der Waals surface area contributed by atoms with E-state index in [0.29, 0.717) is 32.1 Å². The number of rotatable bonds is 22. The Morgan fingerprint density at radius 2 is 1.34 bits per heavy atom. The normalized spacial score (nSPS) is 15.2. The maximum atomic E-state index is 13.2. The number of unbranched alkanes of at least 4 members (excludes halogenated alkanes) is 1. The van der Waals surface area contributed by atoms with Gasteiger partial charge >= 0.3 is 0 Å². The Labute approximate surface area is 258 Å². The van der Waals surface area contributed by atoms with Gasteiger partial charge in [-0.15, -0.1) is 0 Å². The van der Waals surface area contributed by atoms with E-state index in [9.17, 15) is 38.7 Å². The van der Waals surface area contributed by atoms with Gasteiger partial charge in [-0.3, -0.25) is 28.8 Å². The van der Waals surface area contributed by atoms with Crippen LogP contribution in [0.3, 0.4) is 0 Å². The van der Waals surface area contributed by atoms with Crippen molar-refractivity contribution in [2.45, 2.75) is 109 Å². The van der Waals surface area contributed by atoms with Gasteiger partial charge in [0.15, 0.2) is 0 Å². The zero-order chi connectivity index (χ0) is 34.0. The van der Waals surface area contributed by atoms with Gasteiger partial charge in [-0.25, -0.2) is 0 Å². The van der Waals surface area contributed by atoms with Gasteiger partial charge in [-0.05, 0) is 51.0 Å². The van der Waals surface area contributed by atoms with Crippen molar-refractivity contribution in [1.29, 1.82) is 0 Å². The number of amides is 6. The molecule has 0 unspecified atom stereocenters. The van der Waals surface area contributed by atoms with E-state index in [1.807, 2.05) is 13.8 Å². The van der Waals surface area contributed by atoms with Crippen LogP contribution in [0.4, 0.5) is 0 Å². The second-order valence-electron chi connectivity index (χ2n) is 11.5. The summed E-state index contributed by atoms with van der Waals surface area (Å²) in [7, 11) is 0. The highest BCUT2D eigenvalue weighted by atomic mass is 16.3. The van der Waals surface area contributed by atoms with Crippen molar-refractivity contribution in [3.63, 3.8) is 0 Å². The average molecular weight is 629 g/mol. The number of carbonyl (C=O) groups is 7. The van der Waals surface area contributed by atoms with Gasteiger partial charge in [0, 0.05) is 6.42 Å². The number of hydrogen-bond acceptors (Lipinski definition) is 10. The molecule has 12 N–H and O–H groups in total. The molecule has 16 nitrogen and oxygen atoms in total. The Morgan fingerprint density at radius 1 is 0.750 bits per heavy atom. The summed E-state index contributed by atoms with van der Waals surface area (Å²) in [4.78, 5) is 86.6. The first kappa shape index (κ1) is 40.4. The summed E-state index contributed by atoms with van der Waals surface area (Å²) in [5.41, 5.74) is 16.4. The standard InChI is InChI=1S/C28H52N8O8/c1-15(2)12-20(26(42)33-18(13-37)9-10-22(31)39)34-28(44)23(16(3)4)36-24(40)17(5)32-27(43)21(14-38)35-25(41)19(30)8-6-7-11-29/h13,15-21,23,38H,6-12,14,29-30H2,1-5H3,(H2,31,39)(H,32,43)(H,33,42)(H,34,44)(H,35,41)(H,36,40)/t17-,18-,19-,20-,21-,23-/m0/s1. The van der Waals surface area contributed by atoms with Crippen LogP contribution in [0.5, 0.6) is 0 Å². The van der Waals surface area contributed by atoms with Crippen molar-refractivity contribution >= 4 is 41.7 Å². The molecule has 0 aromatic heterocycles. The zero-order valence-electron chi connectivity index (χ0n) is 26.4. The molecule has 0 aromatic carbocycles. The van der Waals surface area contributed by atoms with Gasteiger partial charge in [-0.1, -0.05) is 34.1 Å². The summed E-state index contributed by atoms with van der Waals surface area (Å²) in [5, 5.41) is 22.1. The summed E-state index contributed by atoms with van der Waals surface area (Å²) in [6, 6.07) is -6.59. The van der Waals surface area contributed by atoms with E-state index < -0.39 is 84.2 Å². The average Bonchev–Trinajstić information content (AvgIpc) is 2.95. The minimum absolute atomic E-state index is 0.00359. The number of aldehydes is 1. The van der Waals surface area contributed by atoms with Crippen LogP contribution in [0.15, 0.2) is 0 Å². The quantitative estimate of drug-likeness (QED) is 0.0434. The fourth-order valence-corrected chi connectivity index (χ4v) is 4.03. The third-order valence-corrected chi connectivity index (χ3v) is 6.65. The number of hydrogen-bond donors (Lipinski definition) is 9. The van der Waals surface area contributed by atoms with Gasteiger partial charge in [0.05, 0.1) is 18.7 Å². The lowest BCUT2D eigenvalue weighted by Gasteiger charge is -2.28. The van der Waals surface area contributed by atoms with Crippen LogP contribution >= 0.6 is 0 Å². The van der Waals surface area contributed by atoms with Crippen molar-refractivity contribution < 1.29 is 38.7 Å². The molecule has 0 aliphatic rings. The molecule has 44 heavy (non-hydrogen) atoms. The Morgan fingerprint density at radius 3 is 1.84 bits per heavy atom. The molecule has 0 fully saturated rings. The Balaban J connectivity index is 5.39. The molecule has 16 heteroatoms. The van der Waals surface area contributed by atoms with Crippen LogP contribution in [0.25, 0.3) is 0 Å². The second-order valence-corrected chi connectivity index (χ2v) is 11.5. The number of aliphatic hydroxyl groups is 1. The molecule has 0 saturated heterocycles. The molecule has 252 valence electrons. The number of nitrogens with one attached hydrogen (secondary N) is 5. The van der Waals surface area contributed by atoms with Gasteiger partial charge in [0.1, 0.15) is 30.5 Å². The molecule has 0 bridgehead atoms. The molecule has 0 spiro atoms. The predicted octanol–water partition coefficient (Wildman–Crippen LogP) is -2.95. The molecule has 0 aliphatic heterocycles. The first-order valence-electron chi connectivity index (χ1n) is 14.9. The number of primary amides is 1. The predicted molar refractivity (Wildman–Crippen MR) is 162 cm³/mol. The summed E-state index contributed by atoms with van der Waals surface area (Å²) >= 11 is 0. The molecule has 0 rings (SSSR count). The monoisotopic (exact) mass is 628 g/mol. The fourth-order valence-electron chi connectivity index (χ4n) is 4.03. The molecular weight excluding hydrogens is 576 g/mol. The van der Waals surface area contributed by atoms with Crippen molar-refractivity contribution in [3.05, 3.63) is 0 Å². The fraction of sp³-hybridized carbons (Fsp3) is 0.750. The largest absolute Gasteiger partial charge is 0.394 e. The third-order valence-electron chi connectivity index (χ3n) is 6.65. The summed E-state index contributed by atoms with van der Waals surface area (Å²) < 4.78 is 0. The molecule has 0 radical (unpaired) electrons. The Kier molecular flexibility index (Phi) is 19.4. The minimum atomic E-state index is -1.36. The molecule has 0 heterocycles. The maximum absolute atomic E-state index is 13.2.